The van der Waals surface area contributed by atoms with Crippen LogP contribution in [0.15, 0.2) is 0 Å². The molecule has 5 atom stereocenters. The Hall–Kier alpha value is 0.600. The van der Waals surface area contributed by atoms with Crippen LogP contribution in [0.25, 0.3) is 0 Å². The normalized spacial score (nSPS) is 50.6. The van der Waals surface area contributed by atoms with E-state index in [1.54, 1.807) is 0 Å². The molecule has 0 amide bonds. The second kappa shape index (κ2) is 3.80. The summed E-state index contributed by atoms with van der Waals surface area (Å²) in [7, 11) is 0. The number of esters is 2. The number of halogens is 2. The van der Waals surface area contributed by atoms with E-state index < -0.39 is 5.41 Å². The summed E-state index contributed by atoms with van der Waals surface area (Å²) >= 11 is 2.70. The van der Waals surface area contributed by atoms with Crippen LogP contribution in [0.3, 0.4) is 0 Å². The first-order chi connectivity index (χ1) is 7.58. The number of hydrogen-bond donors (Lipinski definition) is 0. The van der Waals surface area contributed by atoms with Crippen LogP contribution in [0, 0.1) is 17.3 Å². The van der Waals surface area contributed by atoms with Gasteiger partial charge in [0.25, 0.3) is 0 Å². The fourth-order valence-corrected chi connectivity index (χ4v) is 9.69. The molecule has 0 aromatic rings. The molecule has 3 rings (SSSR count). The van der Waals surface area contributed by atoms with Crippen LogP contribution in [-0.2, 0) is 14.3 Å². The van der Waals surface area contributed by atoms with Crippen molar-refractivity contribution >= 4 is 34.5 Å². The third-order valence-corrected chi connectivity index (χ3v) is 10.6. The third kappa shape index (κ3) is 1.36. The van der Waals surface area contributed by atoms with Crippen molar-refractivity contribution < 1.29 is 35.5 Å². The van der Waals surface area contributed by atoms with Crippen molar-refractivity contribution in [3.63, 3.8) is 0 Å². The Bertz CT molecular complexity index is 370. The molecule has 1 saturated heterocycles. The maximum absolute atomic E-state index is 11.9. The van der Waals surface area contributed by atoms with Crippen LogP contribution < -0.4 is 21.2 Å². The van der Waals surface area contributed by atoms with E-state index in [1.165, 1.54) is 0 Å². The van der Waals surface area contributed by atoms with Gasteiger partial charge in [-0.2, -0.15) is 0 Å². The van der Waals surface area contributed by atoms with Gasteiger partial charge in [0.1, 0.15) is 0 Å². The van der Waals surface area contributed by atoms with Crippen LogP contribution in [0.4, 0.5) is 0 Å². The summed E-state index contributed by atoms with van der Waals surface area (Å²) in [5.74, 6) is 0.580. The molecule has 0 radical (unpaired) electrons. The zero-order valence-electron chi connectivity index (χ0n) is 8.91. The van der Waals surface area contributed by atoms with E-state index in [1.807, 2.05) is 0 Å². The van der Waals surface area contributed by atoms with E-state index in [4.69, 9.17) is 4.74 Å². The standard InChI is InChI=1S/C11H13I2O3/c1-13-9-6-2-5(8(9)12)3-11(6)4-7(14)16-10(11)15/h5-6,8-9H,2-4H2,1H3/q-1. The molecule has 0 aromatic carbocycles. The topological polar surface area (TPSA) is 43.4 Å². The predicted molar refractivity (Wildman–Crippen MR) is 61.9 cm³/mol. The van der Waals surface area contributed by atoms with Crippen molar-refractivity contribution in [2.24, 2.45) is 17.3 Å². The number of fused-ring (bicyclic) bond motifs is 3. The van der Waals surface area contributed by atoms with Crippen LogP contribution in [-0.4, -0.2) is 24.7 Å². The van der Waals surface area contributed by atoms with Gasteiger partial charge in [-0.1, -0.05) is 0 Å². The van der Waals surface area contributed by atoms with Crippen molar-refractivity contribution in [3.05, 3.63) is 0 Å². The van der Waals surface area contributed by atoms with E-state index in [0.29, 0.717) is 22.2 Å². The van der Waals surface area contributed by atoms with Crippen LogP contribution >= 0.6 is 22.6 Å². The first-order valence-electron chi connectivity index (χ1n) is 5.45. The second-order valence-corrected chi connectivity index (χ2v) is 9.13. The number of cyclic esters (lactones) is 2. The minimum absolute atomic E-state index is 0.143. The molecule has 3 nitrogen and oxygen atoms in total. The van der Waals surface area contributed by atoms with Gasteiger partial charge in [0.05, 0.1) is 0 Å². The second-order valence-electron chi connectivity index (χ2n) is 5.01. The molecule has 1 aliphatic heterocycles. The molecule has 90 valence electrons. The Balaban J connectivity index is 1.96. The Morgan fingerprint density at radius 3 is 2.75 bits per heavy atom. The molecule has 0 N–H and O–H groups in total. The van der Waals surface area contributed by atoms with Crippen LogP contribution in [0.1, 0.15) is 19.3 Å². The Labute approximate surface area is 118 Å². The van der Waals surface area contributed by atoms with Crippen molar-refractivity contribution in [3.8, 4) is 0 Å². The molecule has 1 spiro atoms. The van der Waals surface area contributed by atoms with Gasteiger partial charge in [-0.15, -0.1) is 0 Å². The fraction of sp³-hybridized carbons (Fsp3) is 0.818. The van der Waals surface area contributed by atoms with Gasteiger partial charge in [-0.25, -0.2) is 0 Å². The molecule has 5 heteroatoms. The van der Waals surface area contributed by atoms with Gasteiger partial charge in [0, 0.05) is 0 Å². The quantitative estimate of drug-likeness (QED) is 0.210. The fourth-order valence-electron chi connectivity index (χ4n) is 3.69. The summed E-state index contributed by atoms with van der Waals surface area (Å²) < 4.78 is 6.25. The number of ether oxygens (including phenoxy) is 1. The van der Waals surface area contributed by atoms with E-state index >= 15 is 0 Å². The first kappa shape index (κ1) is 11.7. The molecule has 1 heterocycles. The molecule has 5 unspecified atom stereocenters. The van der Waals surface area contributed by atoms with E-state index in [-0.39, 0.29) is 33.1 Å². The monoisotopic (exact) mass is 447 g/mol. The molecule has 16 heavy (non-hydrogen) atoms. The average Bonchev–Trinajstić information content (AvgIpc) is 2.81. The summed E-state index contributed by atoms with van der Waals surface area (Å²) in [5.41, 5.74) is -0.399. The van der Waals surface area contributed by atoms with Crippen molar-refractivity contribution in [2.75, 3.05) is 4.93 Å². The molecule has 0 aromatic heterocycles. The average molecular weight is 447 g/mol. The number of hydrogen-bond acceptors (Lipinski definition) is 3. The van der Waals surface area contributed by atoms with Crippen LogP contribution in [0.5, 0.6) is 0 Å². The van der Waals surface area contributed by atoms with Crippen molar-refractivity contribution in [1.29, 1.82) is 0 Å². The number of carbonyl (C=O) groups excluding carboxylic acids is 2. The van der Waals surface area contributed by atoms with Gasteiger partial charge in [-0.05, 0) is 0 Å². The van der Waals surface area contributed by atoms with E-state index in [0.717, 1.165) is 16.8 Å². The Morgan fingerprint density at radius 2 is 2.25 bits per heavy atom. The van der Waals surface area contributed by atoms with Gasteiger partial charge < -0.3 is 0 Å². The Morgan fingerprint density at radius 1 is 1.50 bits per heavy atom. The summed E-state index contributed by atoms with van der Waals surface area (Å²) in [6, 6.07) is 0. The van der Waals surface area contributed by atoms with Gasteiger partial charge in [0.15, 0.2) is 0 Å². The van der Waals surface area contributed by atoms with Gasteiger partial charge in [-0.3, -0.25) is 0 Å². The number of alkyl halides is 3. The molecular weight excluding hydrogens is 434 g/mol. The zero-order valence-corrected chi connectivity index (χ0v) is 13.2. The maximum atomic E-state index is 11.9. The van der Waals surface area contributed by atoms with E-state index in [2.05, 4.69) is 27.5 Å². The zero-order chi connectivity index (χ0) is 11.5. The van der Waals surface area contributed by atoms with Gasteiger partial charge in [0.2, 0.25) is 0 Å². The molecule has 3 aliphatic rings. The first-order valence-corrected chi connectivity index (χ1v) is 10.1. The summed E-state index contributed by atoms with van der Waals surface area (Å²) in [5, 5.41) is 0. The number of rotatable bonds is 1. The van der Waals surface area contributed by atoms with Gasteiger partial charge >= 0.3 is 119 Å². The molecule has 2 saturated carbocycles. The summed E-state index contributed by atoms with van der Waals surface area (Å²) in [6.45, 7) is 0. The molecule has 2 bridgehead atoms. The summed E-state index contributed by atoms with van der Waals surface area (Å²) in [4.78, 5) is 25.6. The minimum atomic E-state index is -0.399. The summed E-state index contributed by atoms with van der Waals surface area (Å²) in [6.07, 6.45) is 2.40. The molecule has 2 aliphatic carbocycles. The molecular formula is C11H13I2O3-. The predicted octanol–water partition coefficient (Wildman–Crippen LogP) is -1.62. The SMILES string of the molecule is C[I-]C1C(I)C2CC1C1(CC(=O)OC1=O)C2. The van der Waals surface area contributed by atoms with Crippen molar-refractivity contribution in [1.82, 2.24) is 0 Å². The van der Waals surface area contributed by atoms with Crippen LogP contribution in [0.2, 0.25) is 0 Å². The molecule has 3 fully saturated rings. The number of carbonyl (C=O) groups is 2. The van der Waals surface area contributed by atoms with E-state index in [9.17, 15) is 9.59 Å². The van der Waals surface area contributed by atoms with Crippen molar-refractivity contribution in [2.45, 2.75) is 27.1 Å². The third-order valence-electron chi connectivity index (χ3n) is 4.36. The Kier molecular flexibility index (Phi) is 2.77.